The van der Waals surface area contributed by atoms with Crippen LogP contribution in [0, 0.1) is 18.6 Å². The van der Waals surface area contributed by atoms with Gasteiger partial charge in [-0.05, 0) is 67.3 Å². The zero-order chi connectivity index (χ0) is 33.1. The lowest BCUT2D eigenvalue weighted by Crippen LogP contribution is -2.08. The second-order valence-electron chi connectivity index (χ2n) is 11.1. The van der Waals surface area contributed by atoms with E-state index in [9.17, 15) is 31.5 Å². The molecule has 0 aliphatic carbocycles. The van der Waals surface area contributed by atoms with E-state index in [1.807, 2.05) is 31.2 Å². The molecular formula is C37H35F5O4. The molecule has 0 aliphatic heterocycles. The fraction of sp³-hybridized carbons (Fsp3) is 0.297. The van der Waals surface area contributed by atoms with Gasteiger partial charge in [0.05, 0.1) is 5.56 Å². The van der Waals surface area contributed by atoms with Crippen LogP contribution >= 0.6 is 0 Å². The Morgan fingerprint density at radius 1 is 0.565 bits per heavy atom. The lowest BCUT2D eigenvalue weighted by molar-refractivity contribution is -0.137. The van der Waals surface area contributed by atoms with Gasteiger partial charge in [-0.25, -0.2) is 8.78 Å². The summed E-state index contributed by atoms with van der Waals surface area (Å²) in [5.41, 5.74) is 1.83. The van der Waals surface area contributed by atoms with Gasteiger partial charge in [0.1, 0.15) is 23.1 Å². The van der Waals surface area contributed by atoms with Crippen LogP contribution in [0.15, 0.2) is 84.9 Å². The minimum atomic E-state index is -4.48. The van der Waals surface area contributed by atoms with Gasteiger partial charge in [0.25, 0.3) is 0 Å². The standard InChI is InChI=1S/C37H35F5O4/c1-25-11-13-26(14-12-25)31-21-19-29(23-33(31)38)45-35(43)9-7-5-3-2-4-6-8-10-36(44)46-30-20-22-32(34(39)24-30)27-15-17-28(18-16-27)37(40,41)42/h11-24H,2-10H2,1H3. The van der Waals surface area contributed by atoms with E-state index in [4.69, 9.17) is 9.47 Å². The summed E-state index contributed by atoms with van der Waals surface area (Å²) in [4.78, 5) is 24.4. The summed E-state index contributed by atoms with van der Waals surface area (Å²) >= 11 is 0. The second kappa shape index (κ2) is 16.2. The summed E-state index contributed by atoms with van der Waals surface area (Å²) in [6.07, 6.45) is 1.60. The third-order valence-corrected chi connectivity index (χ3v) is 7.49. The van der Waals surface area contributed by atoms with Gasteiger partial charge in [-0.3, -0.25) is 9.59 Å². The summed E-state index contributed by atoms with van der Waals surface area (Å²) < 4.78 is 78.0. The normalized spacial score (nSPS) is 11.3. The van der Waals surface area contributed by atoms with Crippen molar-refractivity contribution < 1.29 is 41.0 Å². The molecule has 0 saturated carbocycles. The molecule has 4 aromatic rings. The highest BCUT2D eigenvalue weighted by Gasteiger charge is 2.30. The third kappa shape index (κ3) is 10.3. The van der Waals surface area contributed by atoms with Crippen molar-refractivity contribution in [3.05, 3.63) is 108 Å². The van der Waals surface area contributed by atoms with Gasteiger partial charge >= 0.3 is 18.1 Å². The molecule has 0 heterocycles. The Hall–Kier alpha value is -4.53. The number of hydrogen-bond acceptors (Lipinski definition) is 4. The number of halogens is 5. The summed E-state index contributed by atoms with van der Waals surface area (Å²) in [7, 11) is 0. The highest BCUT2D eigenvalue weighted by atomic mass is 19.4. The number of rotatable bonds is 14. The fourth-order valence-corrected chi connectivity index (χ4v) is 4.95. The highest BCUT2D eigenvalue weighted by Crippen LogP contribution is 2.32. The largest absolute Gasteiger partial charge is 0.426 e. The van der Waals surface area contributed by atoms with Crippen LogP contribution in [0.5, 0.6) is 11.5 Å². The Morgan fingerprint density at radius 2 is 0.957 bits per heavy atom. The smallest absolute Gasteiger partial charge is 0.416 e. The van der Waals surface area contributed by atoms with Crippen LogP contribution in [0.2, 0.25) is 0 Å². The van der Waals surface area contributed by atoms with E-state index in [2.05, 4.69) is 0 Å². The molecule has 0 spiro atoms. The van der Waals surface area contributed by atoms with Crippen LogP contribution in [0.4, 0.5) is 22.0 Å². The SMILES string of the molecule is Cc1ccc(-c2ccc(OC(=O)CCCCCCCCCC(=O)Oc3ccc(-c4ccc(C(F)(F)F)cc4)c(F)c3)cc2F)cc1. The number of ether oxygens (including phenoxy) is 2. The number of hydrogen-bond donors (Lipinski definition) is 0. The minimum Gasteiger partial charge on any atom is -0.426 e. The van der Waals surface area contributed by atoms with Crippen molar-refractivity contribution >= 4 is 11.9 Å². The lowest BCUT2D eigenvalue weighted by Gasteiger charge is -2.10. The first kappa shape index (κ1) is 34.3. The molecule has 0 amide bonds. The maximum absolute atomic E-state index is 14.6. The number of carbonyl (C=O) groups excluding carboxylic acids is 2. The molecule has 4 aromatic carbocycles. The molecular weight excluding hydrogens is 603 g/mol. The van der Waals surface area contributed by atoms with Crippen LogP contribution in [-0.2, 0) is 15.8 Å². The van der Waals surface area contributed by atoms with Gasteiger partial charge in [0, 0.05) is 36.1 Å². The Bertz CT molecular complexity index is 1610. The highest BCUT2D eigenvalue weighted by molar-refractivity contribution is 5.74. The van der Waals surface area contributed by atoms with Gasteiger partial charge in [-0.2, -0.15) is 13.2 Å². The molecule has 4 nitrogen and oxygen atoms in total. The first-order valence-corrected chi connectivity index (χ1v) is 15.2. The van der Waals surface area contributed by atoms with Crippen LogP contribution in [0.1, 0.15) is 68.9 Å². The molecule has 9 heteroatoms. The number of alkyl halides is 3. The van der Waals surface area contributed by atoms with Crippen molar-refractivity contribution in [1.82, 2.24) is 0 Å². The van der Waals surface area contributed by atoms with E-state index in [0.717, 1.165) is 61.4 Å². The summed E-state index contributed by atoms with van der Waals surface area (Å²) in [5, 5.41) is 0. The first-order chi connectivity index (χ1) is 22.0. The van der Waals surface area contributed by atoms with Gasteiger partial charge < -0.3 is 9.47 Å². The average Bonchev–Trinajstić information content (AvgIpc) is 3.00. The predicted molar refractivity (Wildman–Crippen MR) is 166 cm³/mol. The number of benzene rings is 4. The zero-order valence-electron chi connectivity index (χ0n) is 25.5. The molecule has 0 N–H and O–H groups in total. The van der Waals surface area contributed by atoms with Crippen molar-refractivity contribution in [3.63, 3.8) is 0 Å². The maximum atomic E-state index is 14.6. The first-order valence-electron chi connectivity index (χ1n) is 15.2. The quantitative estimate of drug-likeness (QED) is 0.0597. The fourth-order valence-electron chi connectivity index (χ4n) is 4.95. The Morgan fingerprint density at radius 3 is 1.35 bits per heavy atom. The van der Waals surface area contributed by atoms with Crippen LogP contribution in [0.25, 0.3) is 22.3 Å². The Balaban J connectivity index is 1.06. The summed E-state index contributed by atoms with van der Waals surface area (Å²) in [6.45, 7) is 1.96. The van der Waals surface area contributed by atoms with Gasteiger partial charge in [-0.15, -0.1) is 0 Å². The van der Waals surface area contributed by atoms with Crippen molar-refractivity contribution in [2.24, 2.45) is 0 Å². The maximum Gasteiger partial charge on any atom is 0.416 e. The van der Waals surface area contributed by atoms with Crippen molar-refractivity contribution in [3.8, 4) is 33.8 Å². The predicted octanol–water partition coefficient (Wildman–Crippen LogP) is 10.6. The van der Waals surface area contributed by atoms with E-state index in [-0.39, 0.29) is 35.5 Å². The zero-order valence-corrected chi connectivity index (χ0v) is 25.5. The topological polar surface area (TPSA) is 52.6 Å². The molecule has 0 aromatic heterocycles. The lowest BCUT2D eigenvalue weighted by atomic mass is 10.0. The van der Waals surface area contributed by atoms with Gasteiger partial charge in [-0.1, -0.05) is 74.1 Å². The van der Waals surface area contributed by atoms with E-state index in [1.165, 1.54) is 30.3 Å². The van der Waals surface area contributed by atoms with Crippen molar-refractivity contribution in [1.29, 1.82) is 0 Å². The van der Waals surface area contributed by atoms with Gasteiger partial charge in [0.2, 0.25) is 0 Å². The molecule has 0 atom stereocenters. The monoisotopic (exact) mass is 638 g/mol. The summed E-state index contributed by atoms with van der Waals surface area (Å²) in [5.74, 6) is -1.86. The van der Waals surface area contributed by atoms with Crippen molar-refractivity contribution in [2.75, 3.05) is 0 Å². The van der Waals surface area contributed by atoms with E-state index < -0.39 is 35.3 Å². The molecule has 0 radical (unpaired) electrons. The minimum absolute atomic E-state index is 0.0288. The van der Waals surface area contributed by atoms with E-state index in [0.29, 0.717) is 18.4 Å². The molecule has 0 bridgehead atoms. The molecule has 0 unspecified atom stereocenters. The van der Waals surface area contributed by atoms with Crippen LogP contribution in [-0.4, -0.2) is 11.9 Å². The van der Waals surface area contributed by atoms with Gasteiger partial charge in [0.15, 0.2) is 0 Å². The third-order valence-electron chi connectivity index (χ3n) is 7.49. The Labute approximate surface area is 265 Å². The second-order valence-corrected chi connectivity index (χ2v) is 11.1. The van der Waals surface area contributed by atoms with Crippen molar-refractivity contribution in [2.45, 2.75) is 70.9 Å². The molecule has 4 rings (SSSR count). The average molecular weight is 639 g/mol. The molecule has 0 aliphatic rings. The molecule has 0 saturated heterocycles. The molecule has 46 heavy (non-hydrogen) atoms. The van der Waals surface area contributed by atoms with Crippen LogP contribution < -0.4 is 9.47 Å². The number of unbranched alkanes of at least 4 members (excludes halogenated alkanes) is 6. The van der Waals surface area contributed by atoms with E-state index >= 15 is 0 Å². The number of carbonyl (C=O) groups is 2. The molecule has 242 valence electrons. The summed E-state index contributed by atoms with van der Waals surface area (Å²) in [6, 6.07) is 19.9. The Kier molecular flexibility index (Phi) is 12.1. The number of esters is 2. The number of aryl methyl sites for hydroxylation is 1. The van der Waals surface area contributed by atoms with Crippen LogP contribution in [0.3, 0.4) is 0 Å². The van der Waals surface area contributed by atoms with E-state index in [1.54, 1.807) is 12.1 Å². The molecule has 0 fully saturated rings.